The van der Waals surface area contributed by atoms with Crippen LogP contribution in [0.15, 0.2) is 24.3 Å². The SMILES string of the molecule is CCNCc1ccccc1COC1CC(C)CC(C)(C)C1. The molecule has 2 atom stereocenters. The quantitative estimate of drug-likeness (QED) is 0.831. The van der Waals surface area contributed by atoms with Gasteiger partial charge in [-0.25, -0.2) is 0 Å². The maximum absolute atomic E-state index is 6.27. The Kier molecular flexibility index (Phi) is 5.83. The average Bonchev–Trinajstić information content (AvgIpc) is 2.41. The molecule has 2 heteroatoms. The minimum atomic E-state index is 0.413. The molecule has 0 aromatic heterocycles. The lowest BCUT2D eigenvalue weighted by atomic mass is 9.71. The molecule has 0 aliphatic heterocycles. The van der Waals surface area contributed by atoms with Gasteiger partial charge in [0.05, 0.1) is 12.7 Å². The molecule has 1 aliphatic carbocycles. The van der Waals surface area contributed by atoms with E-state index in [1.807, 2.05) is 0 Å². The number of rotatable bonds is 6. The van der Waals surface area contributed by atoms with Gasteiger partial charge in [-0.2, -0.15) is 0 Å². The highest BCUT2D eigenvalue weighted by atomic mass is 16.5. The molecular formula is C19H31NO. The fourth-order valence-corrected chi connectivity index (χ4v) is 3.72. The summed E-state index contributed by atoms with van der Waals surface area (Å²) in [4.78, 5) is 0. The van der Waals surface area contributed by atoms with Gasteiger partial charge in [0.15, 0.2) is 0 Å². The van der Waals surface area contributed by atoms with E-state index in [2.05, 4.69) is 57.3 Å². The summed E-state index contributed by atoms with van der Waals surface area (Å²) in [6, 6.07) is 8.63. The van der Waals surface area contributed by atoms with E-state index in [4.69, 9.17) is 4.74 Å². The Bertz CT molecular complexity index is 441. The lowest BCUT2D eigenvalue weighted by Crippen LogP contribution is -2.32. The van der Waals surface area contributed by atoms with E-state index < -0.39 is 0 Å². The summed E-state index contributed by atoms with van der Waals surface area (Å²) in [5.41, 5.74) is 3.11. The first-order chi connectivity index (χ1) is 10.00. The summed E-state index contributed by atoms with van der Waals surface area (Å²) in [5.74, 6) is 0.774. The van der Waals surface area contributed by atoms with Crippen LogP contribution in [-0.2, 0) is 17.9 Å². The van der Waals surface area contributed by atoms with Crippen molar-refractivity contribution in [2.45, 2.75) is 66.2 Å². The molecule has 0 spiro atoms. The third kappa shape index (κ3) is 5.12. The van der Waals surface area contributed by atoms with Crippen molar-refractivity contribution >= 4 is 0 Å². The summed E-state index contributed by atoms with van der Waals surface area (Å²) >= 11 is 0. The zero-order valence-corrected chi connectivity index (χ0v) is 14.1. The molecule has 2 unspecified atom stereocenters. The van der Waals surface area contributed by atoms with Crippen molar-refractivity contribution in [2.75, 3.05) is 6.54 Å². The van der Waals surface area contributed by atoms with Crippen molar-refractivity contribution in [1.82, 2.24) is 5.32 Å². The second-order valence-electron chi connectivity index (χ2n) is 7.40. The summed E-state index contributed by atoms with van der Waals surface area (Å²) in [7, 11) is 0. The maximum Gasteiger partial charge on any atom is 0.0723 e. The van der Waals surface area contributed by atoms with Gasteiger partial charge in [-0.3, -0.25) is 0 Å². The molecule has 1 N–H and O–H groups in total. The van der Waals surface area contributed by atoms with Gasteiger partial charge in [-0.05, 0) is 48.3 Å². The normalized spacial score (nSPS) is 25.0. The summed E-state index contributed by atoms with van der Waals surface area (Å²) in [5, 5.41) is 3.41. The number of benzene rings is 1. The van der Waals surface area contributed by atoms with Gasteiger partial charge in [0.2, 0.25) is 0 Å². The highest BCUT2D eigenvalue weighted by molar-refractivity contribution is 5.26. The van der Waals surface area contributed by atoms with Crippen LogP contribution in [0, 0.1) is 11.3 Å². The summed E-state index contributed by atoms with van der Waals surface area (Å²) in [6.45, 7) is 11.9. The minimum Gasteiger partial charge on any atom is -0.374 e. The van der Waals surface area contributed by atoms with E-state index in [1.165, 1.54) is 30.4 Å². The van der Waals surface area contributed by atoms with Crippen molar-refractivity contribution in [3.05, 3.63) is 35.4 Å². The molecule has 2 nitrogen and oxygen atoms in total. The second-order valence-corrected chi connectivity index (χ2v) is 7.40. The monoisotopic (exact) mass is 289 g/mol. The lowest BCUT2D eigenvalue weighted by molar-refractivity contribution is -0.0318. The first-order valence-corrected chi connectivity index (χ1v) is 8.39. The molecule has 1 aliphatic rings. The molecule has 1 aromatic carbocycles. The van der Waals surface area contributed by atoms with Crippen molar-refractivity contribution in [2.24, 2.45) is 11.3 Å². The third-order valence-electron chi connectivity index (χ3n) is 4.50. The van der Waals surface area contributed by atoms with Crippen molar-refractivity contribution < 1.29 is 4.74 Å². The molecule has 2 rings (SSSR count). The summed E-state index contributed by atoms with van der Waals surface area (Å²) < 4.78 is 6.27. The number of hydrogen-bond donors (Lipinski definition) is 1. The minimum absolute atomic E-state index is 0.413. The van der Waals surface area contributed by atoms with Gasteiger partial charge in [0.25, 0.3) is 0 Å². The zero-order valence-electron chi connectivity index (χ0n) is 14.1. The highest BCUT2D eigenvalue weighted by Crippen LogP contribution is 2.39. The van der Waals surface area contributed by atoms with Crippen LogP contribution in [0.25, 0.3) is 0 Å². The molecule has 1 aromatic rings. The van der Waals surface area contributed by atoms with Crippen molar-refractivity contribution in [1.29, 1.82) is 0 Å². The molecule has 0 heterocycles. The van der Waals surface area contributed by atoms with E-state index in [9.17, 15) is 0 Å². The molecule has 0 saturated heterocycles. The number of ether oxygens (including phenoxy) is 1. The van der Waals surface area contributed by atoms with Crippen molar-refractivity contribution in [3.63, 3.8) is 0 Å². The van der Waals surface area contributed by atoms with Gasteiger partial charge in [0, 0.05) is 6.54 Å². The Morgan fingerprint density at radius 3 is 2.57 bits per heavy atom. The molecule has 1 saturated carbocycles. The Balaban J connectivity index is 1.93. The first-order valence-electron chi connectivity index (χ1n) is 8.39. The first kappa shape index (κ1) is 16.5. The van der Waals surface area contributed by atoms with Gasteiger partial charge in [-0.15, -0.1) is 0 Å². The van der Waals surface area contributed by atoms with Crippen LogP contribution in [0.3, 0.4) is 0 Å². The van der Waals surface area contributed by atoms with E-state index in [0.29, 0.717) is 11.5 Å². The van der Waals surface area contributed by atoms with Crippen LogP contribution in [0.2, 0.25) is 0 Å². The van der Waals surface area contributed by atoms with E-state index in [1.54, 1.807) is 0 Å². The molecule has 0 amide bonds. The average molecular weight is 289 g/mol. The third-order valence-corrected chi connectivity index (χ3v) is 4.50. The van der Waals surface area contributed by atoms with Gasteiger partial charge >= 0.3 is 0 Å². The number of hydrogen-bond acceptors (Lipinski definition) is 2. The standard InChI is InChI=1S/C19H31NO/c1-5-20-13-16-8-6-7-9-17(16)14-21-18-10-15(2)11-19(3,4)12-18/h6-9,15,18,20H,5,10-14H2,1-4H3. The van der Waals surface area contributed by atoms with Crippen LogP contribution in [0.4, 0.5) is 0 Å². The zero-order chi connectivity index (χ0) is 15.3. The Morgan fingerprint density at radius 2 is 1.90 bits per heavy atom. The van der Waals surface area contributed by atoms with Gasteiger partial charge in [-0.1, -0.05) is 52.0 Å². The highest BCUT2D eigenvalue weighted by Gasteiger charge is 2.32. The Hall–Kier alpha value is -0.860. The fourth-order valence-electron chi connectivity index (χ4n) is 3.72. The van der Waals surface area contributed by atoms with Gasteiger partial charge in [0.1, 0.15) is 0 Å². The largest absolute Gasteiger partial charge is 0.374 e. The van der Waals surface area contributed by atoms with Crippen LogP contribution < -0.4 is 5.32 Å². The Morgan fingerprint density at radius 1 is 1.19 bits per heavy atom. The molecular weight excluding hydrogens is 258 g/mol. The predicted octanol–water partition coefficient (Wildman–Crippen LogP) is 4.53. The molecule has 118 valence electrons. The second kappa shape index (κ2) is 7.42. The van der Waals surface area contributed by atoms with Crippen LogP contribution in [0.1, 0.15) is 58.1 Å². The van der Waals surface area contributed by atoms with Gasteiger partial charge < -0.3 is 10.1 Å². The van der Waals surface area contributed by atoms with Crippen LogP contribution >= 0.6 is 0 Å². The molecule has 21 heavy (non-hydrogen) atoms. The van der Waals surface area contributed by atoms with Crippen LogP contribution in [-0.4, -0.2) is 12.6 Å². The maximum atomic E-state index is 6.27. The topological polar surface area (TPSA) is 21.3 Å². The number of nitrogens with one attached hydrogen (secondary N) is 1. The lowest BCUT2D eigenvalue weighted by Gasteiger charge is -2.38. The fraction of sp³-hybridized carbons (Fsp3) is 0.684. The van der Waals surface area contributed by atoms with E-state index >= 15 is 0 Å². The molecule has 0 radical (unpaired) electrons. The van der Waals surface area contributed by atoms with Crippen LogP contribution in [0.5, 0.6) is 0 Å². The van der Waals surface area contributed by atoms with Crippen molar-refractivity contribution in [3.8, 4) is 0 Å². The van der Waals surface area contributed by atoms with E-state index in [0.717, 1.165) is 25.6 Å². The smallest absolute Gasteiger partial charge is 0.0723 e. The molecule has 0 bridgehead atoms. The summed E-state index contributed by atoms with van der Waals surface area (Å²) in [6.07, 6.45) is 4.13. The van der Waals surface area contributed by atoms with E-state index in [-0.39, 0.29) is 0 Å². The predicted molar refractivity (Wildman–Crippen MR) is 89.2 cm³/mol. The Labute approximate surface area is 130 Å². The molecule has 1 fully saturated rings.